The minimum absolute atomic E-state index is 0.0875. The number of nitrogens with one attached hydrogen (secondary N) is 2. The van der Waals surface area contributed by atoms with Gasteiger partial charge < -0.3 is 0 Å². The second kappa shape index (κ2) is 9.30. The molecule has 0 spiro atoms. The van der Waals surface area contributed by atoms with Gasteiger partial charge in [0.15, 0.2) is 5.13 Å². The fraction of sp³-hybridized carbons (Fsp3) is 0. The van der Waals surface area contributed by atoms with Crippen molar-refractivity contribution in [2.75, 3.05) is 10.0 Å². The Labute approximate surface area is 198 Å². The Kier molecular flexibility index (Phi) is 6.48. The van der Waals surface area contributed by atoms with E-state index in [1.54, 1.807) is 53.9 Å². The van der Waals surface area contributed by atoms with E-state index in [0.29, 0.717) is 37.7 Å². The number of carbonyl (C=O) groups excluding carboxylic acids is 1. The predicted octanol–water partition coefficient (Wildman–Crippen LogP) is 6.17. The number of carbonyl (C=O) groups is 1. The summed E-state index contributed by atoms with van der Waals surface area (Å²) in [5, 5.41) is 5.75. The van der Waals surface area contributed by atoms with Crippen molar-refractivity contribution in [2.45, 2.75) is 4.90 Å². The average Bonchev–Trinajstić information content (AvgIpc) is 3.22. The van der Waals surface area contributed by atoms with Crippen molar-refractivity contribution in [3.63, 3.8) is 0 Å². The van der Waals surface area contributed by atoms with Crippen molar-refractivity contribution in [1.82, 2.24) is 4.98 Å². The van der Waals surface area contributed by atoms with Crippen molar-refractivity contribution < 1.29 is 13.2 Å². The van der Waals surface area contributed by atoms with Gasteiger partial charge in [-0.2, -0.15) is 0 Å². The van der Waals surface area contributed by atoms with Crippen molar-refractivity contribution >= 4 is 61.3 Å². The molecule has 1 heterocycles. The molecule has 0 aliphatic heterocycles. The van der Waals surface area contributed by atoms with Gasteiger partial charge in [-0.05, 0) is 48.5 Å². The number of hydrogen-bond donors (Lipinski definition) is 2. The number of hydrogen-bond acceptors (Lipinski definition) is 5. The molecule has 0 aliphatic carbocycles. The maximum absolute atomic E-state index is 12.8. The monoisotopic (exact) mass is 503 g/mol. The molecule has 10 heteroatoms. The topological polar surface area (TPSA) is 88.2 Å². The van der Waals surface area contributed by atoms with E-state index in [1.165, 1.54) is 35.6 Å². The van der Waals surface area contributed by atoms with E-state index in [9.17, 15) is 13.2 Å². The van der Waals surface area contributed by atoms with Gasteiger partial charge in [0, 0.05) is 26.6 Å². The number of benzene rings is 3. The lowest BCUT2D eigenvalue weighted by molar-refractivity contribution is 0.102. The highest BCUT2D eigenvalue weighted by Crippen LogP contribution is 2.32. The number of thiazole rings is 1. The molecule has 162 valence electrons. The van der Waals surface area contributed by atoms with E-state index in [-0.39, 0.29) is 10.8 Å². The van der Waals surface area contributed by atoms with Gasteiger partial charge >= 0.3 is 0 Å². The molecule has 0 fully saturated rings. The largest absolute Gasteiger partial charge is 0.298 e. The molecule has 0 atom stereocenters. The Morgan fingerprint density at radius 1 is 0.906 bits per heavy atom. The molecule has 0 aliphatic rings. The first-order valence-corrected chi connectivity index (χ1v) is 12.3. The van der Waals surface area contributed by atoms with Crippen LogP contribution in [0.4, 0.5) is 10.8 Å². The fourth-order valence-electron chi connectivity index (χ4n) is 2.87. The first-order chi connectivity index (χ1) is 15.3. The number of rotatable bonds is 6. The molecule has 0 radical (unpaired) electrons. The van der Waals surface area contributed by atoms with E-state index < -0.39 is 10.0 Å². The summed E-state index contributed by atoms with van der Waals surface area (Å²) in [6.45, 7) is 0. The van der Waals surface area contributed by atoms with Crippen LogP contribution in [0.25, 0.3) is 11.3 Å². The zero-order chi connectivity index (χ0) is 22.7. The van der Waals surface area contributed by atoms with Crippen LogP contribution >= 0.6 is 34.5 Å². The molecule has 0 unspecified atom stereocenters. The number of anilines is 2. The molecule has 6 nitrogen and oxygen atoms in total. The maximum atomic E-state index is 12.8. The molecule has 1 aromatic heterocycles. The SMILES string of the molecule is O=C(Nc1nc(-c2ccccc2NS(=O)(=O)c2ccc(Cl)cc2)cs1)c1cccc(Cl)c1. The first-order valence-electron chi connectivity index (χ1n) is 9.22. The van der Waals surface area contributed by atoms with Gasteiger partial charge in [-0.3, -0.25) is 14.8 Å². The molecule has 0 saturated heterocycles. The van der Waals surface area contributed by atoms with Gasteiger partial charge in [0.2, 0.25) is 0 Å². The smallest absolute Gasteiger partial charge is 0.261 e. The lowest BCUT2D eigenvalue weighted by atomic mass is 10.1. The molecule has 2 N–H and O–H groups in total. The predicted molar refractivity (Wildman–Crippen MR) is 129 cm³/mol. The molecule has 0 saturated carbocycles. The van der Waals surface area contributed by atoms with Crippen LogP contribution in [0.15, 0.2) is 83.1 Å². The molecule has 32 heavy (non-hydrogen) atoms. The second-order valence-corrected chi connectivity index (χ2v) is 10.0. The Balaban J connectivity index is 1.57. The van der Waals surface area contributed by atoms with E-state index >= 15 is 0 Å². The molecular weight excluding hydrogens is 489 g/mol. The van der Waals surface area contributed by atoms with Crippen molar-refractivity contribution in [2.24, 2.45) is 0 Å². The van der Waals surface area contributed by atoms with Crippen LogP contribution < -0.4 is 10.0 Å². The summed E-state index contributed by atoms with van der Waals surface area (Å²) < 4.78 is 28.2. The first kappa shape index (κ1) is 22.3. The third kappa shape index (κ3) is 5.11. The van der Waals surface area contributed by atoms with Crippen LogP contribution in [-0.2, 0) is 10.0 Å². The Bertz CT molecular complexity index is 1390. The van der Waals surface area contributed by atoms with Gasteiger partial charge in [0.05, 0.1) is 16.3 Å². The number of para-hydroxylation sites is 1. The summed E-state index contributed by atoms with van der Waals surface area (Å²) in [6.07, 6.45) is 0. The van der Waals surface area contributed by atoms with E-state index in [2.05, 4.69) is 15.0 Å². The number of nitrogens with zero attached hydrogens (tertiary/aromatic N) is 1. The van der Waals surface area contributed by atoms with Crippen LogP contribution in [0, 0.1) is 0 Å². The normalized spacial score (nSPS) is 11.2. The van der Waals surface area contributed by atoms with Crippen LogP contribution in [0.3, 0.4) is 0 Å². The number of sulfonamides is 1. The molecular formula is C22H15Cl2N3O3S2. The summed E-state index contributed by atoms with van der Waals surface area (Å²) in [4.78, 5) is 17.0. The number of halogens is 2. The molecule has 3 aromatic carbocycles. The average molecular weight is 504 g/mol. The van der Waals surface area contributed by atoms with Gasteiger partial charge in [-0.15, -0.1) is 11.3 Å². The summed E-state index contributed by atoms with van der Waals surface area (Å²) >= 11 is 13.0. The summed E-state index contributed by atoms with van der Waals surface area (Å²) in [5.41, 5.74) is 1.86. The van der Waals surface area contributed by atoms with Gasteiger partial charge in [-0.25, -0.2) is 13.4 Å². The zero-order valence-corrected chi connectivity index (χ0v) is 19.4. The minimum atomic E-state index is -3.83. The highest BCUT2D eigenvalue weighted by molar-refractivity contribution is 7.92. The number of amides is 1. The summed E-state index contributed by atoms with van der Waals surface area (Å²) in [5.74, 6) is -0.342. The van der Waals surface area contributed by atoms with Crippen LogP contribution in [-0.4, -0.2) is 19.3 Å². The Morgan fingerprint density at radius 3 is 2.41 bits per heavy atom. The number of aromatic nitrogens is 1. The third-order valence-electron chi connectivity index (χ3n) is 4.38. The standard InChI is InChI=1S/C22H15Cl2N3O3S2/c23-15-8-10-17(11-9-15)32(29,30)27-19-7-2-1-6-18(19)20-13-31-22(25-20)26-21(28)14-4-3-5-16(24)12-14/h1-13,27H,(H,25,26,28). The second-order valence-electron chi connectivity index (χ2n) is 6.61. The maximum Gasteiger partial charge on any atom is 0.261 e. The van der Waals surface area contributed by atoms with E-state index in [0.717, 1.165) is 0 Å². The van der Waals surface area contributed by atoms with Crippen LogP contribution in [0.2, 0.25) is 10.0 Å². The van der Waals surface area contributed by atoms with E-state index in [4.69, 9.17) is 23.2 Å². The van der Waals surface area contributed by atoms with Crippen molar-refractivity contribution in [3.8, 4) is 11.3 Å². The lowest BCUT2D eigenvalue weighted by Gasteiger charge is -2.11. The molecule has 1 amide bonds. The Morgan fingerprint density at radius 2 is 1.66 bits per heavy atom. The van der Waals surface area contributed by atoms with Gasteiger partial charge in [-0.1, -0.05) is 47.5 Å². The van der Waals surface area contributed by atoms with Crippen molar-refractivity contribution in [3.05, 3.63) is 93.8 Å². The third-order valence-corrected chi connectivity index (χ3v) is 7.01. The van der Waals surface area contributed by atoms with Crippen molar-refractivity contribution in [1.29, 1.82) is 0 Å². The Hall–Kier alpha value is -2.91. The van der Waals surface area contributed by atoms with Crippen LogP contribution in [0.1, 0.15) is 10.4 Å². The lowest BCUT2D eigenvalue weighted by Crippen LogP contribution is -2.13. The molecule has 0 bridgehead atoms. The minimum Gasteiger partial charge on any atom is -0.298 e. The fourth-order valence-corrected chi connectivity index (χ4v) is 4.97. The highest BCUT2D eigenvalue weighted by atomic mass is 35.5. The zero-order valence-electron chi connectivity index (χ0n) is 16.2. The highest BCUT2D eigenvalue weighted by Gasteiger charge is 2.18. The van der Waals surface area contributed by atoms with Crippen LogP contribution in [0.5, 0.6) is 0 Å². The van der Waals surface area contributed by atoms with E-state index in [1.807, 2.05) is 0 Å². The summed E-state index contributed by atoms with van der Waals surface area (Å²) in [7, 11) is -3.83. The summed E-state index contributed by atoms with van der Waals surface area (Å²) in [6, 6.07) is 19.4. The molecule has 4 aromatic rings. The quantitative estimate of drug-likeness (QED) is 0.329. The molecule has 4 rings (SSSR count). The van der Waals surface area contributed by atoms with Gasteiger partial charge in [0.1, 0.15) is 0 Å². The van der Waals surface area contributed by atoms with Gasteiger partial charge in [0.25, 0.3) is 15.9 Å².